The summed E-state index contributed by atoms with van der Waals surface area (Å²) in [6.45, 7) is 4.56. The summed E-state index contributed by atoms with van der Waals surface area (Å²) in [6.07, 6.45) is 0. The zero-order valence-corrected chi connectivity index (χ0v) is 13.7. The molecular formula is C15H16N4O3S. The molecule has 3 N–H and O–H groups in total. The zero-order chi connectivity index (χ0) is 17.0. The molecule has 0 radical (unpaired) electrons. The monoisotopic (exact) mass is 332 g/mol. The molecule has 1 aromatic carbocycles. The molecule has 0 fully saturated rings. The van der Waals surface area contributed by atoms with Crippen LogP contribution in [0.1, 0.15) is 29.9 Å². The van der Waals surface area contributed by atoms with Crippen LogP contribution in [0.15, 0.2) is 23.6 Å². The molecule has 0 aliphatic heterocycles. The molecule has 2 rings (SSSR count). The Hall–Kier alpha value is -2.74. The highest BCUT2D eigenvalue weighted by atomic mass is 32.1. The number of amides is 3. The van der Waals surface area contributed by atoms with Gasteiger partial charge in [-0.05, 0) is 25.1 Å². The van der Waals surface area contributed by atoms with Gasteiger partial charge in [-0.15, -0.1) is 11.3 Å². The number of rotatable bonds is 4. The first-order chi connectivity index (χ1) is 10.8. The van der Waals surface area contributed by atoms with Crippen molar-refractivity contribution in [3.05, 3.63) is 34.8 Å². The maximum Gasteiger partial charge on any atom is 0.257 e. The number of anilines is 3. The molecule has 0 saturated carbocycles. The first-order valence-corrected chi connectivity index (χ1v) is 7.65. The first-order valence-electron chi connectivity index (χ1n) is 6.77. The Kier molecular flexibility index (Phi) is 5.07. The summed E-state index contributed by atoms with van der Waals surface area (Å²) in [7, 11) is 0. The van der Waals surface area contributed by atoms with Gasteiger partial charge in [-0.1, -0.05) is 0 Å². The molecule has 0 unspecified atom stereocenters. The SMILES string of the molecule is CC(=O)Nc1cc(NC(C)=O)cc(C(=O)Nc2nc(C)cs2)c1. The molecule has 0 atom stereocenters. The number of hydrogen-bond acceptors (Lipinski definition) is 5. The third-order valence-electron chi connectivity index (χ3n) is 2.68. The lowest BCUT2D eigenvalue weighted by Crippen LogP contribution is -2.15. The Morgan fingerprint density at radius 3 is 1.96 bits per heavy atom. The molecule has 23 heavy (non-hydrogen) atoms. The van der Waals surface area contributed by atoms with Crippen molar-refractivity contribution in [3.8, 4) is 0 Å². The normalized spacial score (nSPS) is 10.0. The van der Waals surface area contributed by atoms with Crippen LogP contribution in [0.25, 0.3) is 0 Å². The first kappa shape index (κ1) is 16.6. The van der Waals surface area contributed by atoms with E-state index in [-0.39, 0.29) is 17.7 Å². The summed E-state index contributed by atoms with van der Waals surface area (Å²) in [5.41, 5.74) is 1.96. The van der Waals surface area contributed by atoms with Gasteiger partial charge in [0.1, 0.15) is 0 Å². The highest BCUT2D eigenvalue weighted by molar-refractivity contribution is 7.13. The number of thiazole rings is 1. The number of nitrogens with zero attached hydrogens (tertiary/aromatic N) is 1. The Bertz CT molecular complexity index is 736. The van der Waals surface area contributed by atoms with Gasteiger partial charge < -0.3 is 10.6 Å². The lowest BCUT2D eigenvalue weighted by molar-refractivity contribution is -0.115. The second-order valence-electron chi connectivity index (χ2n) is 4.91. The van der Waals surface area contributed by atoms with Gasteiger partial charge in [0.05, 0.1) is 5.69 Å². The van der Waals surface area contributed by atoms with Crippen LogP contribution in [0.2, 0.25) is 0 Å². The third-order valence-corrected chi connectivity index (χ3v) is 3.55. The molecule has 7 nitrogen and oxygen atoms in total. The van der Waals surface area contributed by atoms with Gasteiger partial charge >= 0.3 is 0 Å². The maximum atomic E-state index is 12.3. The number of aryl methyl sites for hydroxylation is 1. The van der Waals surface area contributed by atoms with Crippen LogP contribution >= 0.6 is 11.3 Å². The van der Waals surface area contributed by atoms with Crippen LogP contribution in [0, 0.1) is 6.92 Å². The Balaban J connectivity index is 2.29. The molecule has 0 spiro atoms. The van der Waals surface area contributed by atoms with Gasteiger partial charge in [-0.3, -0.25) is 19.7 Å². The average molecular weight is 332 g/mol. The largest absolute Gasteiger partial charge is 0.326 e. The fraction of sp³-hybridized carbons (Fsp3) is 0.200. The molecule has 0 aliphatic carbocycles. The van der Waals surface area contributed by atoms with Crippen molar-refractivity contribution < 1.29 is 14.4 Å². The minimum absolute atomic E-state index is 0.271. The third kappa shape index (κ3) is 4.89. The summed E-state index contributed by atoms with van der Waals surface area (Å²) in [5.74, 6) is -0.920. The highest BCUT2D eigenvalue weighted by Crippen LogP contribution is 2.21. The number of nitrogens with one attached hydrogen (secondary N) is 3. The lowest BCUT2D eigenvalue weighted by Gasteiger charge is -2.10. The van der Waals surface area contributed by atoms with E-state index in [1.165, 1.54) is 37.3 Å². The smallest absolute Gasteiger partial charge is 0.257 e. The molecule has 0 aliphatic rings. The number of hydrogen-bond donors (Lipinski definition) is 3. The zero-order valence-electron chi connectivity index (χ0n) is 12.9. The van der Waals surface area contributed by atoms with Crippen LogP contribution < -0.4 is 16.0 Å². The van der Waals surface area contributed by atoms with Crippen LogP contribution in [-0.2, 0) is 9.59 Å². The fourth-order valence-corrected chi connectivity index (χ4v) is 2.57. The van der Waals surface area contributed by atoms with Gasteiger partial charge in [0.15, 0.2) is 5.13 Å². The minimum atomic E-state index is -0.377. The number of aromatic nitrogens is 1. The van der Waals surface area contributed by atoms with E-state index in [0.717, 1.165) is 5.69 Å². The second kappa shape index (κ2) is 7.01. The van der Waals surface area contributed by atoms with Crippen LogP contribution in [0.5, 0.6) is 0 Å². The Labute approximate surface area is 137 Å². The predicted molar refractivity (Wildman–Crippen MR) is 89.9 cm³/mol. The van der Waals surface area contributed by atoms with Crippen molar-refractivity contribution in [3.63, 3.8) is 0 Å². The molecule has 3 amide bonds. The molecule has 2 aromatic rings. The number of carbonyl (C=O) groups is 3. The summed E-state index contributed by atoms with van der Waals surface area (Å²) in [5, 5.41) is 10.2. The van der Waals surface area contributed by atoms with E-state index < -0.39 is 0 Å². The standard InChI is InChI=1S/C15H16N4O3S/c1-8-7-23-15(16-8)19-14(22)11-4-12(17-9(2)20)6-13(5-11)18-10(3)21/h4-7H,1-3H3,(H,17,20)(H,18,21)(H,16,19,22). The van der Waals surface area contributed by atoms with Gasteiger partial charge in [0, 0.05) is 36.2 Å². The molecular weight excluding hydrogens is 316 g/mol. The van der Waals surface area contributed by atoms with Crippen molar-refractivity contribution in [1.29, 1.82) is 0 Å². The molecule has 0 saturated heterocycles. The van der Waals surface area contributed by atoms with Crippen LogP contribution in [0.3, 0.4) is 0 Å². The fourth-order valence-electron chi connectivity index (χ4n) is 1.89. The van der Waals surface area contributed by atoms with E-state index in [2.05, 4.69) is 20.9 Å². The van der Waals surface area contributed by atoms with Crippen molar-refractivity contribution in [2.75, 3.05) is 16.0 Å². The van der Waals surface area contributed by atoms with E-state index in [1.807, 2.05) is 12.3 Å². The summed E-state index contributed by atoms with van der Waals surface area (Å²) in [6, 6.07) is 4.64. The van der Waals surface area contributed by atoms with Gasteiger partial charge in [0.25, 0.3) is 5.91 Å². The van der Waals surface area contributed by atoms with Crippen molar-refractivity contribution in [1.82, 2.24) is 4.98 Å². The van der Waals surface area contributed by atoms with E-state index in [1.54, 1.807) is 6.07 Å². The maximum absolute atomic E-state index is 12.3. The van der Waals surface area contributed by atoms with Gasteiger partial charge in [-0.2, -0.15) is 0 Å². The quantitative estimate of drug-likeness (QED) is 0.801. The number of benzene rings is 1. The summed E-state index contributed by atoms with van der Waals surface area (Å²) in [4.78, 5) is 38.9. The van der Waals surface area contributed by atoms with Crippen LogP contribution in [-0.4, -0.2) is 22.7 Å². The van der Waals surface area contributed by atoms with Gasteiger partial charge in [0.2, 0.25) is 11.8 Å². The van der Waals surface area contributed by atoms with E-state index in [9.17, 15) is 14.4 Å². The second-order valence-corrected chi connectivity index (χ2v) is 5.77. The van der Waals surface area contributed by atoms with E-state index in [4.69, 9.17) is 0 Å². The highest BCUT2D eigenvalue weighted by Gasteiger charge is 2.12. The summed E-state index contributed by atoms with van der Waals surface area (Å²) < 4.78 is 0. The topological polar surface area (TPSA) is 100 Å². The van der Waals surface area contributed by atoms with Crippen molar-refractivity contribution in [2.45, 2.75) is 20.8 Å². The predicted octanol–water partition coefficient (Wildman–Crippen LogP) is 2.62. The minimum Gasteiger partial charge on any atom is -0.326 e. The average Bonchev–Trinajstić information content (AvgIpc) is 2.82. The van der Waals surface area contributed by atoms with Crippen molar-refractivity contribution in [2.24, 2.45) is 0 Å². The number of carbonyl (C=O) groups excluding carboxylic acids is 3. The molecule has 8 heteroatoms. The van der Waals surface area contributed by atoms with E-state index >= 15 is 0 Å². The van der Waals surface area contributed by atoms with E-state index in [0.29, 0.717) is 22.1 Å². The van der Waals surface area contributed by atoms with Gasteiger partial charge in [-0.25, -0.2) is 4.98 Å². The molecule has 120 valence electrons. The van der Waals surface area contributed by atoms with Crippen molar-refractivity contribution >= 4 is 45.6 Å². The summed E-state index contributed by atoms with van der Waals surface area (Å²) >= 11 is 1.32. The lowest BCUT2D eigenvalue weighted by atomic mass is 10.1. The molecule has 0 bridgehead atoms. The molecule has 1 aromatic heterocycles. The van der Waals surface area contributed by atoms with Crippen LogP contribution in [0.4, 0.5) is 16.5 Å². The Morgan fingerprint density at radius 2 is 1.52 bits per heavy atom. The Morgan fingerprint density at radius 1 is 0.957 bits per heavy atom. The molecule has 1 heterocycles.